The Kier molecular flexibility index (Phi) is 9.99. The normalized spacial score (nSPS) is 11.1. The molecule has 0 aliphatic heterocycles. The maximum Gasteiger partial charge on any atom is 0.312 e. The third-order valence-electron chi connectivity index (χ3n) is 4.19. The summed E-state index contributed by atoms with van der Waals surface area (Å²) in [6, 6.07) is 7.88. The highest BCUT2D eigenvalue weighted by atomic mass is 16.5. The SMILES string of the molecule is CC(=O)OC/C=C\c1ccccc1CCCNC(=O)C(=O)N(C(C)C)C(C)C. The Balaban J connectivity index is 2.53. The smallest absolute Gasteiger partial charge is 0.312 e. The average Bonchev–Trinajstić information content (AvgIpc) is 2.62. The fourth-order valence-electron chi connectivity index (χ4n) is 3.00. The van der Waals surface area contributed by atoms with Crippen LogP contribution < -0.4 is 5.32 Å². The Morgan fingerprint density at radius 2 is 1.75 bits per heavy atom. The van der Waals surface area contributed by atoms with Crippen molar-refractivity contribution >= 4 is 23.9 Å². The topological polar surface area (TPSA) is 75.7 Å². The molecule has 6 nitrogen and oxygen atoms in total. The van der Waals surface area contributed by atoms with Crippen LogP contribution >= 0.6 is 0 Å². The molecule has 0 aliphatic rings. The molecule has 0 unspecified atom stereocenters. The van der Waals surface area contributed by atoms with E-state index in [1.165, 1.54) is 6.92 Å². The number of benzene rings is 1. The number of nitrogens with zero attached hydrogens (tertiary/aromatic N) is 1. The maximum atomic E-state index is 12.3. The molecule has 0 aliphatic carbocycles. The summed E-state index contributed by atoms with van der Waals surface area (Å²) in [5.41, 5.74) is 2.18. The molecule has 0 saturated heterocycles. The molecule has 0 bridgehead atoms. The molecule has 1 rings (SSSR count). The number of carbonyl (C=O) groups is 3. The van der Waals surface area contributed by atoms with Gasteiger partial charge in [0.05, 0.1) is 0 Å². The van der Waals surface area contributed by atoms with E-state index in [-0.39, 0.29) is 24.7 Å². The van der Waals surface area contributed by atoms with Crippen LogP contribution in [0, 0.1) is 0 Å². The molecular formula is C22H32N2O4. The van der Waals surface area contributed by atoms with E-state index in [1.54, 1.807) is 11.0 Å². The molecule has 1 N–H and O–H groups in total. The van der Waals surface area contributed by atoms with Crippen LogP contribution in [0.15, 0.2) is 30.3 Å². The van der Waals surface area contributed by atoms with E-state index in [1.807, 2.05) is 58.0 Å². The monoisotopic (exact) mass is 388 g/mol. The summed E-state index contributed by atoms with van der Waals surface area (Å²) in [5, 5.41) is 2.72. The van der Waals surface area contributed by atoms with Crippen molar-refractivity contribution in [1.82, 2.24) is 10.2 Å². The van der Waals surface area contributed by atoms with Gasteiger partial charge in [-0.3, -0.25) is 14.4 Å². The molecular weight excluding hydrogens is 356 g/mol. The largest absolute Gasteiger partial charge is 0.462 e. The highest BCUT2D eigenvalue weighted by Gasteiger charge is 2.25. The third-order valence-corrected chi connectivity index (χ3v) is 4.19. The number of esters is 1. The lowest BCUT2D eigenvalue weighted by Gasteiger charge is -2.29. The van der Waals surface area contributed by atoms with Crippen molar-refractivity contribution in [2.75, 3.05) is 13.2 Å². The van der Waals surface area contributed by atoms with Crippen LogP contribution in [0.4, 0.5) is 0 Å². The summed E-state index contributed by atoms with van der Waals surface area (Å²) in [5.74, 6) is -1.35. The van der Waals surface area contributed by atoms with Gasteiger partial charge in [0.2, 0.25) is 0 Å². The Morgan fingerprint density at radius 3 is 2.36 bits per heavy atom. The van der Waals surface area contributed by atoms with Crippen molar-refractivity contribution in [1.29, 1.82) is 0 Å². The number of rotatable bonds is 9. The highest BCUT2D eigenvalue weighted by molar-refractivity contribution is 6.35. The number of hydrogen-bond donors (Lipinski definition) is 1. The van der Waals surface area contributed by atoms with Gasteiger partial charge >= 0.3 is 17.8 Å². The van der Waals surface area contributed by atoms with Crippen molar-refractivity contribution in [3.63, 3.8) is 0 Å². The summed E-state index contributed by atoms with van der Waals surface area (Å²) >= 11 is 0. The summed E-state index contributed by atoms with van der Waals surface area (Å²) in [6.45, 7) is 9.65. The van der Waals surface area contributed by atoms with Crippen LogP contribution in [-0.2, 0) is 25.5 Å². The Bertz CT molecular complexity index is 688. The van der Waals surface area contributed by atoms with Crippen molar-refractivity contribution in [3.05, 3.63) is 41.5 Å². The Morgan fingerprint density at radius 1 is 1.11 bits per heavy atom. The lowest BCUT2D eigenvalue weighted by atomic mass is 10.0. The predicted molar refractivity (Wildman–Crippen MR) is 111 cm³/mol. The first-order chi connectivity index (χ1) is 13.2. The molecule has 0 heterocycles. The van der Waals surface area contributed by atoms with E-state index in [2.05, 4.69) is 5.32 Å². The maximum absolute atomic E-state index is 12.3. The fourth-order valence-corrected chi connectivity index (χ4v) is 3.00. The molecule has 0 saturated carbocycles. The van der Waals surface area contributed by atoms with Gasteiger partial charge in [-0.2, -0.15) is 0 Å². The Labute approximate surface area is 167 Å². The van der Waals surface area contributed by atoms with Crippen LogP contribution in [0.1, 0.15) is 52.2 Å². The molecule has 0 fully saturated rings. The number of aryl methyl sites for hydroxylation is 1. The second-order valence-corrected chi connectivity index (χ2v) is 7.16. The number of nitrogens with one attached hydrogen (secondary N) is 1. The van der Waals surface area contributed by atoms with Gasteiger partial charge in [-0.25, -0.2) is 0 Å². The van der Waals surface area contributed by atoms with E-state index < -0.39 is 11.8 Å². The van der Waals surface area contributed by atoms with E-state index in [0.29, 0.717) is 6.54 Å². The van der Waals surface area contributed by atoms with Crippen LogP contribution in [0.3, 0.4) is 0 Å². The standard InChI is InChI=1S/C22H32N2O4/c1-16(2)24(17(3)4)22(27)21(26)23-14-8-12-19-10-6-7-11-20(19)13-9-15-28-18(5)25/h6-7,9-11,13,16-17H,8,12,14-15H2,1-5H3,(H,23,26)/b13-9-. The van der Waals surface area contributed by atoms with Gasteiger partial charge in [-0.05, 0) is 57.7 Å². The Hall–Kier alpha value is -2.63. The zero-order chi connectivity index (χ0) is 21.1. The quantitative estimate of drug-likeness (QED) is 0.401. The molecule has 0 radical (unpaired) electrons. The minimum absolute atomic E-state index is 0.0242. The third kappa shape index (κ3) is 7.94. The van der Waals surface area contributed by atoms with Gasteiger partial charge in [-0.15, -0.1) is 0 Å². The summed E-state index contributed by atoms with van der Waals surface area (Å²) in [4.78, 5) is 36.8. The lowest BCUT2D eigenvalue weighted by molar-refractivity contribution is -0.148. The predicted octanol–water partition coefficient (Wildman–Crippen LogP) is 2.96. The molecule has 2 amide bonds. The van der Waals surface area contributed by atoms with Gasteiger partial charge in [-0.1, -0.05) is 30.3 Å². The lowest BCUT2D eigenvalue weighted by Crippen LogP contribution is -2.49. The van der Waals surface area contributed by atoms with Crippen molar-refractivity contribution < 1.29 is 19.1 Å². The van der Waals surface area contributed by atoms with Crippen LogP contribution in [0.2, 0.25) is 0 Å². The zero-order valence-electron chi connectivity index (χ0n) is 17.5. The van der Waals surface area contributed by atoms with Crippen LogP contribution in [0.25, 0.3) is 6.08 Å². The van der Waals surface area contributed by atoms with Gasteiger partial charge in [0.15, 0.2) is 0 Å². The molecule has 6 heteroatoms. The molecule has 1 aromatic carbocycles. The van der Waals surface area contributed by atoms with Gasteiger partial charge < -0.3 is 15.0 Å². The van der Waals surface area contributed by atoms with E-state index in [0.717, 1.165) is 24.0 Å². The molecule has 154 valence electrons. The minimum Gasteiger partial charge on any atom is -0.462 e. The van der Waals surface area contributed by atoms with Gasteiger partial charge in [0, 0.05) is 25.6 Å². The van der Waals surface area contributed by atoms with Crippen LogP contribution in [0.5, 0.6) is 0 Å². The first-order valence-corrected chi connectivity index (χ1v) is 9.72. The minimum atomic E-state index is -0.558. The molecule has 1 aromatic rings. The van der Waals surface area contributed by atoms with Crippen molar-refractivity contribution in [2.45, 2.75) is 59.5 Å². The van der Waals surface area contributed by atoms with Gasteiger partial charge in [0.25, 0.3) is 0 Å². The molecule has 0 spiro atoms. The summed E-state index contributed by atoms with van der Waals surface area (Å²) in [7, 11) is 0. The summed E-state index contributed by atoms with van der Waals surface area (Å²) in [6.07, 6.45) is 5.20. The molecule has 28 heavy (non-hydrogen) atoms. The summed E-state index contributed by atoms with van der Waals surface area (Å²) < 4.78 is 4.89. The van der Waals surface area contributed by atoms with Crippen molar-refractivity contribution in [2.24, 2.45) is 0 Å². The van der Waals surface area contributed by atoms with E-state index >= 15 is 0 Å². The second kappa shape index (κ2) is 12.0. The fraction of sp³-hybridized carbons (Fsp3) is 0.500. The van der Waals surface area contributed by atoms with Crippen LogP contribution in [-0.4, -0.2) is 47.9 Å². The number of carbonyl (C=O) groups excluding carboxylic acids is 3. The first-order valence-electron chi connectivity index (χ1n) is 9.72. The first kappa shape index (κ1) is 23.4. The number of ether oxygens (including phenoxy) is 1. The van der Waals surface area contributed by atoms with Gasteiger partial charge in [0.1, 0.15) is 6.61 Å². The average molecular weight is 389 g/mol. The van der Waals surface area contributed by atoms with E-state index in [4.69, 9.17) is 4.74 Å². The zero-order valence-corrected chi connectivity index (χ0v) is 17.5. The number of hydrogen-bond acceptors (Lipinski definition) is 4. The number of amides is 2. The highest BCUT2D eigenvalue weighted by Crippen LogP contribution is 2.13. The van der Waals surface area contributed by atoms with Crippen molar-refractivity contribution in [3.8, 4) is 0 Å². The van der Waals surface area contributed by atoms with E-state index in [9.17, 15) is 14.4 Å². The molecule has 0 aromatic heterocycles. The second-order valence-electron chi connectivity index (χ2n) is 7.16. The molecule has 0 atom stereocenters.